The molecule has 3 heteroatoms. The van der Waals surface area contributed by atoms with Gasteiger partial charge in [0.25, 0.3) is 0 Å². The van der Waals surface area contributed by atoms with Gasteiger partial charge in [0, 0.05) is 13.2 Å². The third-order valence-corrected chi connectivity index (χ3v) is 3.48. The largest absolute Gasteiger partial charge is 0.381 e. The first-order valence-corrected chi connectivity index (χ1v) is 6.82. The summed E-state index contributed by atoms with van der Waals surface area (Å²) in [6.07, 6.45) is 3.19. The number of benzene rings is 1. The van der Waals surface area contributed by atoms with Crippen molar-refractivity contribution in [3.8, 4) is 0 Å². The Morgan fingerprint density at radius 1 is 1.17 bits per heavy atom. The summed E-state index contributed by atoms with van der Waals surface area (Å²) in [5.74, 6) is 0.667. The number of rotatable bonds is 6. The highest BCUT2D eigenvalue weighted by atomic mass is 16.5. The van der Waals surface area contributed by atoms with E-state index in [0.717, 1.165) is 39.1 Å². The predicted molar refractivity (Wildman–Crippen MR) is 72.4 cm³/mol. The summed E-state index contributed by atoms with van der Waals surface area (Å²) in [4.78, 5) is 0. The van der Waals surface area contributed by atoms with E-state index in [1.807, 2.05) is 0 Å². The van der Waals surface area contributed by atoms with E-state index in [1.54, 1.807) is 0 Å². The molecule has 0 radical (unpaired) electrons. The normalized spacial score (nSPS) is 16.9. The van der Waals surface area contributed by atoms with Crippen molar-refractivity contribution in [2.75, 3.05) is 26.4 Å². The first-order chi connectivity index (χ1) is 8.90. The van der Waals surface area contributed by atoms with E-state index < -0.39 is 0 Å². The topological polar surface area (TPSA) is 44.5 Å². The van der Waals surface area contributed by atoms with Crippen LogP contribution in [0.2, 0.25) is 0 Å². The summed E-state index contributed by atoms with van der Waals surface area (Å²) in [5.41, 5.74) is 8.21. The molecule has 1 aliphatic rings. The van der Waals surface area contributed by atoms with E-state index in [4.69, 9.17) is 15.2 Å². The molecule has 1 fully saturated rings. The fourth-order valence-corrected chi connectivity index (χ4v) is 2.35. The maximum atomic E-state index is 5.85. The first-order valence-electron chi connectivity index (χ1n) is 6.82. The molecule has 0 bridgehead atoms. The minimum atomic E-state index is 0.667. The quantitative estimate of drug-likeness (QED) is 0.840. The minimum absolute atomic E-state index is 0.667. The Balaban J connectivity index is 1.78. The lowest BCUT2D eigenvalue weighted by molar-refractivity contribution is 0.0156. The zero-order chi connectivity index (χ0) is 12.6. The van der Waals surface area contributed by atoms with Gasteiger partial charge in [-0.2, -0.15) is 0 Å². The Morgan fingerprint density at radius 2 is 1.89 bits per heavy atom. The average molecular weight is 249 g/mol. The van der Waals surface area contributed by atoms with Crippen LogP contribution in [0.15, 0.2) is 24.3 Å². The summed E-state index contributed by atoms with van der Waals surface area (Å²) in [6, 6.07) is 8.40. The highest BCUT2D eigenvalue weighted by Gasteiger charge is 2.13. The van der Waals surface area contributed by atoms with E-state index in [-0.39, 0.29) is 0 Å². The van der Waals surface area contributed by atoms with Crippen LogP contribution in [0.4, 0.5) is 0 Å². The summed E-state index contributed by atoms with van der Waals surface area (Å²) in [5, 5.41) is 0. The lowest BCUT2D eigenvalue weighted by Crippen LogP contribution is -2.20. The first kappa shape index (κ1) is 13.5. The molecule has 1 aromatic rings. The van der Waals surface area contributed by atoms with Gasteiger partial charge in [-0.05, 0) is 42.9 Å². The Morgan fingerprint density at radius 3 is 2.61 bits per heavy atom. The van der Waals surface area contributed by atoms with Gasteiger partial charge in [-0.1, -0.05) is 24.3 Å². The van der Waals surface area contributed by atoms with Crippen molar-refractivity contribution in [1.29, 1.82) is 0 Å². The van der Waals surface area contributed by atoms with E-state index >= 15 is 0 Å². The van der Waals surface area contributed by atoms with Crippen molar-refractivity contribution >= 4 is 0 Å². The van der Waals surface area contributed by atoms with Gasteiger partial charge >= 0.3 is 0 Å². The zero-order valence-corrected chi connectivity index (χ0v) is 10.9. The summed E-state index contributed by atoms with van der Waals surface area (Å²) in [6.45, 7) is 4.01. The van der Waals surface area contributed by atoms with Crippen LogP contribution in [0.25, 0.3) is 0 Å². The molecular weight excluding hydrogens is 226 g/mol. The van der Waals surface area contributed by atoms with Gasteiger partial charge in [0.15, 0.2) is 0 Å². The Labute approximate surface area is 109 Å². The van der Waals surface area contributed by atoms with Gasteiger partial charge in [-0.25, -0.2) is 0 Å². The second kappa shape index (κ2) is 7.52. The Kier molecular flexibility index (Phi) is 5.65. The molecule has 1 aromatic carbocycles. The van der Waals surface area contributed by atoms with Crippen molar-refractivity contribution in [2.24, 2.45) is 11.7 Å². The fraction of sp³-hybridized carbons (Fsp3) is 0.600. The second-order valence-corrected chi connectivity index (χ2v) is 4.88. The Hall–Kier alpha value is -0.900. The van der Waals surface area contributed by atoms with Crippen LogP contribution in [0.1, 0.15) is 24.0 Å². The molecule has 100 valence electrons. The smallest absolute Gasteiger partial charge is 0.0719 e. The van der Waals surface area contributed by atoms with E-state index in [9.17, 15) is 0 Å². The van der Waals surface area contributed by atoms with Crippen molar-refractivity contribution in [2.45, 2.75) is 25.9 Å². The predicted octanol–water partition coefficient (Wildman–Crippen LogP) is 2.13. The molecule has 2 rings (SSSR count). The standard InChI is InChI=1S/C15H23NO2/c16-8-5-14-3-1-2-4-15(14)12-18-11-13-6-9-17-10-7-13/h1-4,13H,5-12,16H2. The third kappa shape index (κ3) is 4.09. The summed E-state index contributed by atoms with van der Waals surface area (Å²) in [7, 11) is 0. The molecule has 0 aliphatic carbocycles. The van der Waals surface area contributed by atoms with Gasteiger partial charge in [0.05, 0.1) is 13.2 Å². The molecule has 0 atom stereocenters. The van der Waals surface area contributed by atoms with E-state index in [1.165, 1.54) is 11.1 Å². The molecule has 1 heterocycles. The molecular formula is C15H23NO2. The van der Waals surface area contributed by atoms with Crippen LogP contribution in [0, 0.1) is 5.92 Å². The summed E-state index contributed by atoms with van der Waals surface area (Å²) < 4.78 is 11.2. The lowest BCUT2D eigenvalue weighted by atomic mass is 10.0. The van der Waals surface area contributed by atoms with Gasteiger partial charge in [0.1, 0.15) is 0 Å². The number of hydrogen-bond acceptors (Lipinski definition) is 3. The van der Waals surface area contributed by atoms with Crippen LogP contribution < -0.4 is 5.73 Å². The van der Waals surface area contributed by atoms with Crippen LogP contribution >= 0.6 is 0 Å². The number of ether oxygens (including phenoxy) is 2. The van der Waals surface area contributed by atoms with Crippen molar-refractivity contribution in [1.82, 2.24) is 0 Å². The highest BCUT2D eigenvalue weighted by molar-refractivity contribution is 5.26. The molecule has 1 aliphatic heterocycles. The summed E-state index contributed by atoms with van der Waals surface area (Å²) >= 11 is 0. The van der Waals surface area contributed by atoms with Gasteiger partial charge in [-0.3, -0.25) is 0 Å². The van der Waals surface area contributed by atoms with Gasteiger partial charge in [-0.15, -0.1) is 0 Å². The van der Waals surface area contributed by atoms with Gasteiger partial charge < -0.3 is 15.2 Å². The van der Waals surface area contributed by atoms with Crippen molar-refractivity contribution in [3.05, 3.63) is 35.4 Å². The van der Waals surface area contributed by atoms with Gasteiger partial charge in [0.2, 0.25) is 0 Å². The zero-order valence-electron chi connectivity index (χ0n) is 10.9. The fourth-order valence-electron chi connectivity index (χ4n) is 2.35. The monoisotopic (exact) mass is 249 g/mol. The van der Waals surface area contributed by atoms with E-state index in [0.29, 0.717) is 19.1 Å². The maximum Gasteiger partial charge on any atom is 0.0719 e. The minimum Gasteiger partial charge on any atom is -0.381 e. The van der Waals surface area contributed by atoms with Crippen LogP contribution in [0.3, 0.4) is 0 Å². The molecule has 0 aromatic heterocycles. The average Bonchev–Trinajstić information content (AvgIpc) is 2.42. The van der Waals surface area contributed by atoms with Crippen LogP contribution in [0.5, 0.6) is 0 Å². The lowest BCUT2D eigenvalue weighted by Gasteiger charge is -2.22. The molecule has 1 saturated heterocycles. The molecule has 3 nitrogen and oxygen atoms in total. The SMILES string of the molecule is NCCc1ccccc1COCC1CCOCC1. The molecule has 0 amide bonds. The number of nitrogens with two attached hydrogens (primary N) is 1. The number of hydrogen-bond donors (Lipinski definition) is 1. The molecule has 2 N–H and O–H groups in total. The second-order valence-electron chi connectivity index (χ2n) is 4.88. The molecule has 18 heavy (non-hydrogen) atoms. The van der Waals surface area contributed by atoms with Crippen LogP contribution in [-0.4, -0.2) is 26.4 Å². The van der Waals surface area contributed by atoms with Crippen molar-refractivity contribution in [3.63, 3.8) is 0 Å². The maximum absolute atomic E-state index is 5.85. The molecule has 0 unspecified atom stereocenters. The third-order valence-electron chi connectivity index (χ3n) is 3.48. The molecule has 0 saturated carbocycles. The highest BCUT2D eigenvalue weighted by Crippen LogP contribution is 2.16. The van der Waals surface area contributed by atoms with E-state index in [2.05, 4.69) is 24.3 Å². The molecule has 0 spiro atoms. The van der Waals surface area contributed by atoms with Crippen LogP contribution in [-0.2, 0) is 22.5 Å². The van der Waals surface area contributed by atoms with Crippen molar-refractivity contribution < 1.29 is 9.47 Å². The Bertz CT molecular complexity index is 348.